The average Bonchev–Trinajstić information content (AvgIpc) is 2.98. The summed E-state index contributed by atoms with van der Waals surface area (Å²) in [5, 5.41) is 3.38. The van der Waals surface area contributed by atoms with Gasteiger partial charge in [-0.3, -0.25) is 15.0 Å². The van der Waals surface area contributed by atoms with Crippen molar-refractivity contribution >= 4 is 5.84 Å². The molecule has 0 bridgehead atoms. The quantitative estimate of drug-likeness (QED) is 0.110. The molecule has 1 N–H and O–H groups in total. The van der Waals surface area contributed by atoms with E-state index in [0.29, 0.717) is 34.6 Å². The SMILES string of the molecule is CC(C)N=C(NC(C)C)c1ccccc1.Fc1ccc(-c2ccccn2)c(F)c1.Fc1ccc(-c2ccccn2)c(F)c1.[Ir+3]. The largest absolute Gasteiger partial charge is 3.00 e. The Bertz CT molecular complexity index is 1500. The maximum absolute atomic E-state index is 13.3. The van der Waals surface area contributed by atoms with Crippen molar-refractivity contribution in [3.63, 3.8) is 0 Å². The number of hydrogen-bond acceptors (Lipinski definition) is 3. The van der Waals surface area contributed by atoms with Crippen molar-refractivity contribution in [2.75, 3.05) is 0 Å². The third-order valence-corrected chi connectivity index (χ3v) is 5.60. The van der Waals surface area contributed by atoms with Crippen LogP contribution in [0.4, 0.5) is 17.6 Å². The first-order valence-electron chi connectivity index (χ1n) is 13.8. The first kappa shape index (κ1) is 36.0. The molecule has 9 heteroatoms. The van der Waals surface area contributed by atoms with Crippen LogP contribution < -0.4 is 5.32 Å². The van der Waals surface area contributed by atoms with E-state index in [2.05, 4.69) is 60.1 Å². The van der Waals surface area contributed by atoms with Crippen LogP contribution in [-0.2, 0) is 20.1 Å². The second-order valence-electron chi connectivity index (χ2n) is 9.91. The number of aliphatic imine (C=N–C) groups is 1. The van der Waals surface area contributed by atoms with Crippen molar-refractivity contribution in [3.05, 3.63) is 144 Å². The van der Waals surface area contributed by atoms with Gasteiger partial charge in [0.15, 0.2) is 0 Å². The fourth-order valence-corrected chi connectivity index (χ4v) is 3.76. The molecule has 0 atom stereocenters. The number of amidine groups is 1. The Morgan fingerprint density at radius 3 is 1.43 bits per heavy atom. The summed E-state index contributed by atoms with van der Waals surface area (Å²) in [4.78, 5) is 12.5. The van der Waals surface area contributed by atoms with E-state index in [4.69, 9.17) is 0 Å². The summed E-state index contributed by atoms with van der Waals surface area (Å²) in [6.07, 6.45) is 3.14. The van der Waals surface area contributed by atoms with Gasteiger partial charge in [0, 0.05) is 53.3 Å². The van der Waals surface area contributed by atoms with E-state index in [1.54, 1.807) is 48.8 Å². The van der Waals surface area contributed by atoms with E-state index in [1.807, 2.05) is 18.2 Å². The van der Waals surface area contributed by atoms with Gasteiger partial charge in [-0.1, -0.05) is 42.5 Å². The van der Waals surface area contributed by atoms with Crippen LogP contribution >= 0.6 is 0 Å². The predicted octanol–water partition coefficient (Wildman–Crippen LogP) is 8.89. The molecule has 4 nitrogen and oxygen atoms in total. The molecule has 0 aliphatic carbocycles. The fourth-order valence-electron chi connectivity index (χ4n) is 3.76. The summed E-state index contributed by atoms with van der Waals surface area (Å²) in [6.45, 7) is 8.42. The topological polar surface area (TPSA) is 50.2 Å². The van der Waals surface area contributed by atoms with Crippen LogP contribution in [-0.4, -0.2) is 27.9 Å². The van der Waals surface area contributed by atoms with Gasteiger partial charge in [-0.2, -0.15) is 0 Å². The zero-order valence-corrected chi connectivity index (χ0v) is 27.2. The van der Waals surface area contributed by atoms with E-state index in [-0.39, 0.29) is 20.1 Å². The molecular formula is C35H34F4IrN4+3. The van der Waals surface area contributed by atoms with Crippen molar-refractivity contribution in [2.24, 2.45) is 4.99 Å². The molecule has 0 amide bonds. The molecule has 0 fully saturated rings. The van der Waals surface area contributed by atoms with Gasteiger partial charge >= 0.3 is 20.1 Å². The molecule has 0 saturated heterocycles. The molecule has 0 aliphatic heterocycles. The van der Waals surface area contributed by atoms with Crippen LogP contribution in [0, 0.1) is 23.3 Å². The third-order valence-electron chi connectivity index (χ3n) is 5.60. The second kappa shape index (κ2) is 18.5. The van der Waals surface area contributed by atoms with Crippen molar-refractivity contribution in [1.82, 2.24) is 15.3 Å². The molecule has 0 unspecified atom stereocenters. The molecule has 0 saturated carbocycles. The van der Waals surface area contributed by atoms with E-state index in [9.17, 15) is 17.6 Å². The zero-order chi connectivity index (χ0) is 31.2. The Morgan fingerprint density at radius 2 is 1.07 bits per heavy atom. The van der Waals surface area contributed by atoms with Crippen LogP contribution in [0.25, 0.3) is 22.5 Å². The molecule has 5 rings (SSSR count). The number of hydrogen-bond donors (Lipinski definition) is 1. The Kier molecular flexibility index (Phi) is 15.1. The van der Waals surface area contributed by atoms with E-state index in [0.717, 1.165) is 23.5 Å². The molecule has 0 radical (unpaired) electrons. The molecule has 44 heavy (non-hydrogen) atoms. The van der Waals surface area contributed by atoms with Crippen LogP contribution in [0.3, 0.4) is 0 Å². The number of halogens is 4. The normalized spacial score (nSPS) is 10.6. The van der Waals surface area contributed by atoms with Gasteiger partial charge in [-0.05, 0) is 76.2 Å². The summed E-state index contributed by atoms with van der Waals surface area (Å²) < 4.78 is 51.7. The molecular weight excluding hydrogens is 745 g/mol. The van der Waals surface area contributed by atoms with Crippen LogP contribution in [0.2, 0.25) is 0 Å². The van der Waals surface area contributed by atoms with E-state index in [1.165, 1.54) is 24.3 Å². The minimum atomic E-state index is -0.594. The van der Waals surface area contributed by atoms with E-state index >= 15 is 0 Å². The first-order chi connectivity index (χ1) is 20.6. The van der Waals surface area contributed by atoms with Crippen LogP contribution in [0.5, 0.6) is 0 Å². The number of rotatable bonds is 5. The number of benzene rings is 3. The fraction of sp³-hybridized carbons (Fsp3) is 0.171. The number of nitrogens with zero attached hydrogens (tertiary/aromatic N) is 3. The summed E-state index contributed by atoms with van der Waals surface area (Å²) in [5.74, 6) is -1.36. The number of aromatic nitrogens is 2. The van der Waals surface area contributed by atoms with Crippen molar-refractivity contribution < 1.29 is 37.7 Å². The van der Waals surface area contributed by atoms with Crippen molar-refractivity contribution in [2.45, 2.75) is 39.8 Å². The molecule has 2 heterocycles. The predicted molar refractivity (Wildman–Crippen MR) is 166 cm³/mol. The summed E-state index contributed by atoms with van der Waals surface area (Å²) in [7, 11) is 0. The Balaban J connectivity index is 0.000000228. The summed E-state index contributed by atoms with van der Waals surface area (Å²) >= 11 is 0. The molecule has 2 aromatic heterocycles. The van der Waals surface area contributed by atoms with Crippen LogP contribution in [0.1, 0.15) is 33.3 Å². The third kappa shape index (κ3) is 11.8. The summed E-state index contributed by atoms with van der Waals surface area (Å²) in [6, 6.07) is 28.2. The van der Waals surface area contributed by atoms with Gasteiger partial charge in [0.05, 0.1) is 11.4 Å². The molecule has 0 aliphatic rings. The monoisotopic (exact) mass is 779 g/mol. The van der Waals surface area contributed by atoms with Gasteiger partial charge < -0.3 is 5.32 Å². The maximum Gasteiger partial charge on any atom is 3.00 e. The number of nitrogens with one attached hydrogen (secondary N) is 1. The standard InChI is InChI=1S/C13H20N2.2C11H7F2N.Ir/c1-10(2)14-13(15-11(3)4)12-8-6-5-7-9-12;2*12-8-4-5-9(10(13)7-8)11-3-1-2-6-14-11;/h5-11H,1-4H3,(H,14,15);2*1-7H;/q;;;+3. The smallest absolute Gasteiger partial charge is 0.368 e. The minimum absolute atomic E-state index is 0. The van der Waals surface area contributed by atoms with Crippen molar-refractivity contribution in [3.8, 4) is 22.5 Å². The second-order valence-corrected chi connectivity index (χ2v) is 9.91. The van der Waals surface area contributed by atoms with Crippen LogP contribution in [0.15, 0.2) is 121 Å². The minimum Gasteiger partial charge on any atom is -0.368 e. The zero-order valence-electron chi connectivity index (χ0n) is 24.8. The van der Waals surface area contributed by atoms with Gasteiger partial charge in [0.2, 0.25) is 0 Å². The Hall–Kier alpha value is -4.20. The Labute approximate surface area is 269 Å². The number of pyridine rings is 2. The van der Waals surface area contributed by atoms with Gasteiger partial charge in [-0.25, -0.2) is 17.6 Å². The van der Waals surface area contributed by atoms with E-state index < -0.39 is 23.3 Å². The Morgan fingerprint density at radius 1 is 0.614 bits per heavy atom. The van der Waals surface area contributed by atoms with Crippen molar-refractivity contribution in [1.29, 1.82) is 0 Å². The van der Waals surface area contributed by atoms with Gasteiger partial charge in [0.25, 0.3) is 0 Å². The maximum atomic E-state index is 13.3. The molecule has 3 aromatic carbocycles. The average molecular weight is 779 g/mol. The molecule has 228 valence electrons. The van der Waals surface area contributed by atoms with Gasteiger partial charge in [0.1, 0.15) is 29.1 Å². The van der Waals surface area contributed by atoms with Gasteiger partial charge in [-0.15, -0.1) is 0 Å². The summed E-state index contributed by atoms with van der Waals surface area (Å²) in [5.41, 5.74) is 2.79. The molecule has 0 spiro atoms. The molecule has 5 aromatic rings. The first-order valence-corrected chi connectivity index (χ1v) is 13.8.